The van der Waals surface area contributed by atoms with E-state index >= 15 is 0 Å². The van der Waals surface area contributed by atoms with E-state index in [-0.39, 0.29) is 36.6 Å². The van der Waals surface area contributed by atoms with Crippen molar-refractivity contribution >= 4 is 24.0 Å². The van der Waals surface area contributed by atoms with Crippen molar-refractivity contribution < 1.29 is 13.6 Å². The van der Waals surface area contributed by atoms with E-state index in [4.69, 9.17) is 5.73 Å². The standard InChI is InChI=1S/C14H19F2N3O.ClH/c1-9-7-19(5-4-12(9)17)8-14(20)18-13-3-2-10(15)6-11(13)16;/h2-3,6,9,12H,4-5,7-8,17H2,1H3,(H,18,20);1H. The van der Waals surface area contributed by atoms with Gasteiger partial charge in [0.1, 0.15) is 11.6 Å². The van der Waals surface area contributed by atoms with E-state index in [1.165, 1.54) is 6.07 Å². The monoisotopic (exact) mass is 319 g/mol. The Hall–Kier alpha value is -1.24. The molecule has 0 radical (unpaired) electrons. The molecule has 0 bridgehead atoms. The molecule has 21 heavy (non-hydrogen) atoms. The summed E-state index contributed by atoms with van der Waals surface area (Å²) in [5, 5.41) is 2.46. The lowest BCUT2D eigenvalue weighted by Crippen LogP contribution is -2.48. The fourth-order valence-electron chi connectivity index (χ4n) is 2.38. The van der Waals surface area contributed by atoms with Crippen molar-refractivity contribution in [1.82, 2.24) is 4.90 Å². The maximum Gasteiger partial charge on any atom is 0.238 e. The summed E-state index contributed by atoms with van der Waals surface area (Å²) < 4.78 is 26.2. The summed E-state index contributed by atoms with van der Waals surface area (Å²) in [5.41, 5.74) is 5.91. The van der Waals surface area contributed by atoms with E-state index in [2.05, 4.69) is 5.32 Å². The minimum absolute atomic E-state index is 0. The molecule has 1 aliphatic rings. The summed E-state index contributed by atoms with van der Waals surface area (Å²) in [6.45, 7) is 3.74. The van der Waals surface area contributed by atoms with Gasteiger partial charge in [-0.05, 0) is 24.5 Å². The highest BCUT2D eigenvalue weighted by Gasteiger charge is 2.24. The van der Waals surface area contributed by atoms with Gasteiger partial charge in [0.15, 0.2) is 0 Å². The molecule has 7 heteroatoms. The number of likely N-dealkylation sites (tertiary alicyclic amines) is 1. The van der Waals surface area contributed by atoms with Crippen molar-refractivity contribution in [3.8, 4) is 0 Å². The van der Waals surface area contributed by atoms with Crippen LogP contribution in [0.4, 0.5) is 14.5 Å². The molecule has 0 spiro atoms. The number of anilines is 1. The first kappa shape index (κ1) is 17.8. The van der Waals surface area contributed by atoms with E-state index in [1.807, 2.05) is 11.8 Å². The third-order valence-corrected chi connectivity index (χ3v) is 3.63. The molecular formula is C14H20ClF2N3O. The fourth-order valence-corrected chi connectivity index (χ4v) is 2.38. The summed E-state index contributed by atoms with van der Waals surface area (Å²) >= 11 is 0. The molecule has 1 fully saturated rings. The van der Waals surface area contributed by atoms with E-state index in [9.17, 15) is 13.6 Å². The first-order valence-corrected chi connectivity index (χ1v) is 6.68. The number of carbonyl (C=O) groups is 1. The van der Waals surface area contributed by atoms with Gasteiger partial charge in [-0.3, -0.25) is 9.69 Å². The van der Waals surface area contributed by atoms with Gasteiger partial charge >= 0.3 is 0 Å². The molecule has 3 N–H and O–H groups in total. The molecule has 1 amide bonds. The van der Waals surface area contributed by atoms with Gasteiger partial charge in [0, 0.05) is 25.2 Å². The fraction of sp³-hybridized carbons (Fsp3) is 0.500. The van der Waals surface area contributed by atoms with Crippen LogP contribution in [-0.2, 0) is 4.79 Å². The molecule has 1 aromatic rings. The van der Waals surface area contributed by atoms with Crippen molar-refractivity contribution in [1.29, 1.82) is 0 Å². The van der Waals surface area contributed by atoms with Crippen LogP contribution in [0.3, 0.4) is 0 Å². The summed E-state index contributed by atoms with van der Waals surface area (Å²) in [6, 6.07) is 3.25. The number of nitrogens with two attached hydrogens (primary N) is 1. The predicted octanol–water partition coefficient (Wildman–Crippen LogP) is 1.99. The second-order valence-electron chi connectivity index (χ2n) is 5.34. The maximum absolute atomic E-state index is 13.4. The second kappa shape index (κ2) is 7.68. The molecule has 1 saturated heterocycles. The quantitative estimate of drug-likeness (QED) is 0.896. The number of carbonyl (C=O) groups excluding carboxylic acids is 1. The Balaban J connectivity index is 0.00000220. The lowest BCUT2D eigenvalue weighted by atomic mass is 9.95. The van der Waals surface area contributed by atoms with Crippen molar-refractivity contribution in [2.24, 2.45) is 11.7 Å². The molecule has 1 heterocycles. The molecule has 0 aromatic heterocycles. The topological polar surface area (TPSA) is 58.4 Å². The highest BCUT2D eigenvalue weighted by atomic mass is 35.5. The molecule has 118 valence electrons. The van der Waals surface area contributed by atoms with Gasteiger partial charge < -0.3 is 11.1 Å². The average molecular weight is 320 g/mol. The number of nitrogens with one attached hydrogen (secondary N) is 1. The van der Waals surface area contributed by atoms with E-state index in [0.717, 1.165) is 31.6 Å². The van der Waals surface area contributed by atoms with Gasteiger partial charge in [0.25, 0.3) is 0 Å². The van der Waals surface area contributed by atoms with Gasteiger partial charge in [-0.2, -0.15) is 0 Å². The Morgan fingerprint density at radius 2 is 2.19 bits per heavy atom. The van der Waals surface area contributed by atoms with Crippen LogP contribution in [0.2, 0.25) is 0 Å². The highest BCUT2D eigenvalue weighted by molar-refractivity contribution is 5.92. The van der Waals surface area contributed by atoms with Crippen molar-refractivity contribution in [3.05, 3.63) is 29.8 Å². The summed E-state index contributed by atoms with van der Waals surface area (Å²) in [4.78, 5) is 13.9. The molecule has 1 aromatic carbocycles. The summed E-state index contributed by atoms with van der Waals surface area (Å²) in [6.07, 6.45) is 0.847. The van der Waals surface area contributed by atoms with Crippen LogP contribution in [0.5, 0.6) is 0 Å². The predicted molar refractivity (Wildman–Crippen MR) is 80.4 cm³/mol. The maximum atomic E-state index is 13.4. The first-order valence-electron chi connectivity index (χ1n) is 6.68. The lowest BCUT2D eigenvalue weighted by molar-refractivity contribution is -0.117. The number of piperidine rings is 1. The van der Waals surface area contributed by atoms with Crippen LogP contribution < -0.4 is 11.1 Å². The highest BCUT2D eigenvalue weighted by Crippen LogP contribution is 2.17. The van der Waals surface area contributed by atoms with Gasteiger partial charge in [-0.1, -0.05) is 6.92 Å². The van der Waals surface area contributed by atoms with Gasteiger partial charge in [0.2, 0.25) is 5.91 Å². The Morgan fingerprint density at radius 3 is 2.81 bits per heavy atom. The van der Waals surface area contributed by atoms with Crippen LogP contribution in [0, 0.1) is 17.6 Å². The van der Waals surface area contributed by atoms with Gasteiger partial charge in [0.05, 0.1) is 12.2 Å². The minimum atomic E-state index is -0.771. The lowest BCUT2D eigenvalue weighted by Gasteiger charge is -2.34. The average Bonchev–Trinajstić information content (AvgIpc) is 2.37. The van der Waals surface area contributed by atoms with Gasteiger partial charge in [-0.25, -0.2) is 8.78 Å². The number of hydrogen-bond acceptors (Lipinski definition) is 3. The zero-order chi connectivity index (χ0) is 14.7. The van der Waals surface area contributed by atoms with E-state index < -0.39 is 11.6 Å². The Labute approximate surface area is 129 Å². The second-order valence-corrected chi connectivity index (χ2v) is 5.34. The third kappa shape index (κ3) is 4.91. The normalized spacial score (nSPS) is 22.5. The molecule has 1 aliphatic heterocycles. The zero-order valence-corrected chi connectivity index (χ0v) is 12.6. The van der Waals surface area contributed by atoms with Crippen LogP contribution in [-0.4, -0.2) is 36.5 Å². The molecule has 2 unspecified atom stereocenters. The summed E-state index contributed by atoms with van der Waals surface area (Å²) in [7, 11) is 0. The SMILES string of the molecule is CC1CN(CC(=O)Nc2ccc(F)cc2F)CCC1N.Cl. The molecular weight excluding hydrogens is 300 g/mol. The number of halogens is 3. The van der Waals surface area contributed by atoms with Crippen LogP contribution in [0.25, 0.3) is 0 Å². The van der Waals surface area contributed by atoms with Crippen molar-refractivity contribution in [2.45, 2.75) is 19.4 Å². The Morgan fingerprint density at radius 1 is 1.48 bits per heavy atom. The van der Waals surface area contributed by atoms with Crippen molar-refractivity contribution in [3.63, 3.8) is 0 Å². The zero-order valence-electron chi connectivity index (χ0n) is 11.8. The van der Waals surface area contributed by atoms with E-state index in [0.29, 0.717) is 5.92 Å². The first-order chi connectivity index (χ1) is 9.45. The molecule has 0 aliphatic carbocycles. The van der Waals surface area contributed by atoms with Crippen LogP contribution >= 0.6 is 12.4 Å². The Kier molecular flexibility index (Phi) is 6.51. The van der Waals surface area contributed by atoms with Crippen LogP contribution in [0.1, 0.15) is 13.3 Å². The third-order valence-electron chi connectivity index (χ3n) is 3.63. The number of amides is 1. The number of rotatable bonds is 3. The van der Waals surface area contributed by atoms with Crippen molar-refractivity contribution in [2.75, 3.05) is 25.0 Å². The number of benzene rings is 1. The minimum Gasteiger partial charge on any atom is -0.327 e. The van der Waals surface area contributed by atoms with Gasteiger partial charge in [-0.15, -0.1) is 12.4 Å². The molecule has 4 nitrogen and oxygen atoms in total. The Bertz CT molecular complexity index is 501. The number of nitrogens with zero attached hydrogens (tertiary/aromatic N) is 1. The molecule has 2 rings (SSSR count). The van der Waals surface area contributed by atoms with E-state index in [1.54, 1.807) is 0 Å². The summed E-state index contributed by atoms with van der Waals surface area (Å²) in [5.74, 6) is -1.41. The smallest absolute Gasteiger partial charge is 0.238 e. The molecule has 2 atom stereocenters. The van der Waals surface area contributed by atoms with Crippen LogP contribution in [0.15, 0.2) is 18.2 Å². The largest absolute Gasteiger partial charge is 0.327 e. The molecule has 0 saturated carbocycles. The number of hydrogen-bond donors (Lipinski definition) is 2.